The lowest BCUT2D eigenvalue weighted by Crippen LogP contribution is -2.34. The average Bonchev–Trinajstić information content (AvgIpc) is 2.36. The Morgan fingerprint density at radius 1 is 1.41 bits per heavy atom. The van der Waals surface area contributed by atoms with Crippen LogP contribution in [0.4, 0.5) is 10.1 Å². The quantitative estimate of drug-likeness (QED) is 0.825. The minimum absolute atomic E-state index is 0.000185. The maximum atomic E-state index is 13.3. The van der Waals surface area contributed by atoms with Crippen LogP contribution in [-0.4, -0.2) is 19.0 Å². The second-order valence-corrected chi connectivity index (χ2v) is 4.43. The van der Waals surface area contributed by atoms with Crippen LogP contribution in [-0.2, 0) is 4.79 Å². The number of rotatable bonds is 2. The van der Waals surface area contributed by atoms with Crippen LogP contribution >= 0.6 is 0 Å². The Labute approximate surface area is 100 Å². The van der Waals surface area contributed by atoms with Crippen molar-refractivity contribution >= 4 is 11.6 Å². The smallest absolute Gasteiger partial charge is 0.227 e. The zero-order chi connectivity index (χ0) is 12.3. The summed E-state index contributed by atoms with van der Waals surface area (Å²) in [4.78, 5) is 12.0. The van der Waals surface area contributed by atoms with E-state index in [1.165, 1.54) is 6.07 Å². The number of halogens is 1. The van der Waals surface area contributed by atoms with E-state index in [4.69, 9.17) is 0 Å². The minimum atomic E-state index is -0.284. The minimum Gasteiger partial charge on any atom is -0.326 e. The van der Waals surface area contributed by atoms with Crippen molar-refractivity contribution in [3.05, 3.63) is 29.6 Å². The van der Waals surface area contributed by atoms with Crippen LogP contribution in [0, 0.1) is 18.7 Å². The van der Waals surface area contributed by atoms with Gasteiger partial charge < -0.3 is 10.6 Å². The van der Waals surface area contributed by atoms with Crippen molar-refractivity contribution in [3.63, 3.8) is 0 Å². The summed E-state index contributed by atoms with van der Waals surface area (Å²) in [5.41, 5.74) is 1.07. The summed E-state index contributed by atoms with van der Waals surface area (Å²) >= 11 is 0. The molecule has 1 aromatic carbocycles. The molecule has 1 aliphatic rings. The number of carbonyl (C=O) groups excluding carboxylic acids is 1. The Balaban J connectivity index is 2.04. The monoisotopic (exact) mass is 236 g/mol. The number of amides is 1. The zero-order valence-corrected chi connectivity index (χ0v) is 9.92. The van der Waals surface area contributed by atoms with Crippen LogP contribution in [0.2, 0.25) is 0 Å². The van der Waals surface area contributed by atoms with E-state index >= 15 is 0 Å². The Morgan fingerprint density at radius 3 is 2.82 bits per heavy atom. The molecule has 0 atom stereocenters. The highest BCUT2D eigenvalue weighted by atomic mass is 19.1. The lowest BCUT2D eigenvalue weighted by molar-refractivity contribution is -0.120. The maximum Gasteiger partial charge on any atom is 0.227 e. The van der Waals surface area contributed by atoms with Gasteiger partial charge in [0, 0.05) is 17.2 Å². The number of carbonyl (C=O) groups is 1. The number of anilines is 1. The first kappa shape index (κ1) is 12.0. The van der Waals surface area contributed by atoms with Crippen LogP contribution in [0.5, 0.6) is 0 Å². The topological polar surface area (TPSA) is 41.1 Å². The van der Waals surface area contributed by atoms with Crippen molar-refractivity contribution in [1.29, 1.82) is 0 Å². The third-order valence-corrected chi connectivity index (χ3v) is 3.24. The molecular formula is C13H17FN2O. The van der Waals surface area contributed by atoms with Gasteiger partial charge in [-0.25, -0.2) is 4.39 Å². The summed E-state index contributed by atoms with van der Waals surface area (Å²) in [6.07, 6.45) is 1.69. The van der Waals surface area contributed by atoms with E-state index in [1.54, 1.807) is 19.1 Å². The average molecular weight is 236 g/mol. The molecule has 0 unspecified atom stereocenters. The molecule has 0 radical (unpaired) electrons. The van der Waals surface area contributed by atoms with Crippen LogP contribution in [0.3, 0.4) is 0 Å². The standard InChI is InChI=1S/C13H17FN2O/c1-9-11(14)3-2-4-12(9)16-13(17)10-5-7-15-8-6-10/h2-4,10,15H,5-8H2,1H3,(H,16,17). The van der Waals surface area contributed by atoms with Gasteiger partial charge >= 0.3 is 0 Å². The number of benzene rings is 1. The molecule has 0 spiro atoms. The molecule has 3 nitrogen and oxygen atoms in total. The Morgan fingerprint density at radius 2 is 2.12 bits per heavy atom. The van der Waals surface area contributed by atoms with E-state index in [-0.39, 0.29) is 17.6 Å². The van der Waals surface area contributed by atoms with E-state index in [2.05, 4.69) is 10.6 Å². The highest BCUT2D eigenvalue weighted by Crippen LogP contribution is 2.20. The van der Waals surface area contributed by atoms with Crippen LogP contribution in [0.15, 0.2) is 18.2 Å². The molecular weight excluding hydrogens is 219 g/mol. The second-order valence-electron chi connectivity index (χ2n) is 4.43. The zero-order valence-electron chi connectivity index (χ0n) is 9.92. The molecule has 0 saturated carbocycles. The molecule has 1 fully saturated rings. The predicted molar refractivity (Wildman–Crippen MR) is 65.4 cm³/mol. The summed E-state index contributed by atoms with van der Waals surface area (Å²) in [7, 11) is 0. The molecule has 17 heavy (non-hydrogen) atoms. The van der Waals surface area contributed by atoms with Crippen molar-refractivity contribution in [3.8, 4) is 0 Å². The molecule has 0 aliphatic carbocycles. The fourth-order valence-corrected chi connectivity index (χ4v) is 2.06. The van der Waals surface area contributed by atoms with E-state index in [0.717, 1.165) is 25.9 Å². The molecule has 1 saturated heterocycles. The van der Waals surface area contributed by atoms with Crippen molar-refractivity contribution in [2.24, 2.45) is 5.92 Å². The largest absolute Gasteiger partial charge is 0.326 e. The number of hydrogen-bond acceptors (Lipinski definition) is 2. The fraction of sp³-hybridized carbons (Fsp3) is 0.462. The molecule has 1 heterocycles. The first-order chi connectivity index (χ1) is 8.18. The van der Waals surface area contributed by atoms with Gasteiger partial charge in [0.1, 0.15) is 5.82 Å². The van der Waals surface area contributed by atoms with Crippen molar-refractivity contribution in [1.82, 2.24) is 5.32 Å². The molecule has 2 N–H and O–H groups in total. The number of hydrogen-bond donors (Lipinski definition) is 2. The maximum absolute atomic E-state index is 13.3. The summed E-state index contributed by atoms with van der Waals surface area (Å²) in [5, 5.41) is 6.03. The van der Waals surface area contributed by atoms with Crippen LogP contribution < -0.4 is 10.6 Å². The van der Waals surface area contributed by atoms with E-state index < -0.39 is 0 Å². The van der Waals surface area contributed by atoms with Gasteiger partial charge in [-0.2, -0.15) is 0 Å². The second kappa shape index (κ2) is 5.27. The Bertz CT molecular complexity index is 414. The molecule has 0 aromatic heterocycles. The van der Waals surface area contributed by atoms with E-state index in [9.17, 15) is 9.18 Å². The summed E-state index contributed by atoms with van der Waals surface area (Å²) in [6, 6.07) is 4.74. The van der Waals surface area contributed by atoms with Gasteiger partial charge in [-0.1, -0.05) is 6.07 Å². The molecule has 2 rings (SSSR count). The number of nitrogens with one attached hydrogen (secondary N) is 2. The Hall–Kier alpha value is -1.42. The van der Waals surface area contributed by atoms with E-state index in [0.29, 0.717) is 11.3 Å². The molecule has 0 bridgehead atoms. The van der Waals surface area contributed by atoms with Crippen molar-refractivity contribution < 1.29 is 9.18 Å². The van der Waals surface area contributed by atoms with Gasteiger partial charge in [-0.05, 0) is 45.0 Å². The normalized spacial score (nSPS) is 16.8. The van der Waals surface area contributed by atoms with Crippen LogP contribution in [0.1, 0.15) is 18.4 Å². The molecule has 4 heteroatoms. The summed E-state index contributed by atoms with van der Waals surface area (Å²) in [5.74, 6) is -0.243. The van der Waals surface area contributed by atoms with Crippen molar-refractivity contribution in [2.75, 3.05) is 18.4 Å². The Kier molecular flexibility index (Phi) is 3.74. The lowest BCUT2D eigenvalue weighted by atomic mass is 9.97. The number of piperidine rings is 1. The highest BCUT2D eigenvalue weighted by molar-refractivity contribution is 5.93. The van der Waals surface area contributed by atoms with Crippen LogP contribution in [0.25, 0.3) is 0 Å². The van der Waals surface area contributed by atoms with Gasteiger partial charge in [0.05, 0.1) is 0 Å². The van der Waals surface area contributed by atoms with Gasteiger partial charge in [-0.3, -0.25) is 4.79 Å². The molecule has 1 aromatic rings. The molecule has 1 aliphatic heterocycles. The third-order valence-electron chi connectivity index (χ3n) is 3.24. The fourth-order valence-electron chi connectivity index (χ4n) is 2.06. The van der Waals surface area contributed by atoms with Gasteiger partial charge in [-0.15, -0.1) is 0 Å². The van der Waals surface area contributed by atoms with Gasteiger partial charge in [0.15, 0.2) is 0 Å². The van der Waals surface area contributed by atoms with Gasteiger partial charge in [0.2, 0.25) is 5.91 Å². The van der Waals surface area contributed by atoms with Gasteiger partial charge in [0.25, 0.3) is 0 Å². The van der Waals surface area contributed by atoms with E-state index in [1.807, 2.05) is 0 Å². The van der Waals surface area contributed by atoms with Crippen molar-refractivity contribution in [2.45, 2.75) is 19.8 Å². The summed E-state index contributed by atoms with van der Waals surface area (Å²) < 4.78 is 13.3. The SMILES string of the molecule is Cc1c(F)cccc1NC(=O)C1CCNCC1. The predicted octanol–water partition coefficient (Wildman–Crippen LogP) is 2.07. The lowest BCUT2D eigenvalue weighted by Gasteiger charge is -2.22. The first-order valence-corrected chi connectivity index (χ1v) is 5.95. The molecule has 1 amide bonds. The molecule has 92 valence electrons. The summed E-state index contributed by atoms with van der Waals surface area (Å²) in [6.45, 7) is 3.42. The third kappa shape index (κ3) is 2.82. The highest BCUT2D eigenvalue weighted by Gasteiger charge is 2.21. The first-order valence-electron chi connectivity index (χ1n) is 5.95.